The number of amides is 1. The van der Waals surface area contributed by atoms with Crippen molar-refractivity contribution in [1.82, 2.24) is 10.3 Å². The topological polar surface area (TPSA) is 54.5 Å². The Morgan fingerprint density at radius 1 is 1.07 bits per heavy atom. The SMILES string of the molecule is CN(C)c1ncccc1CNC(=O)COc1ccc(-c2ccccc2)cc1Cl. The van der Waals surface area contributed by atoms with Crippen LogP contribution in [0.4, 0.5) is 5.82 Å². The minimum atomic E-state index is -0.225. The number of pyridine rings is 1. The number of nitrogens with zero attached hydrogens (tertiary/aromatic N) is 2. The van der Waals surface area contributed by atoms with Crippen LogP contribution in [0.1, 0.15) is 5.56 Å². The molecular weight excluding hydrogens is 374 g/mol. The lowest BCUT2D eigenvalue weighted by Crippen LogP contribution is -2.29. The molecule has 0 aliphatic carbocycles. The second-order valence-corrected chi connectivity index (χ2v) is 6.86. The Balaban J connectivity index is 1.56. The van der Waals surface area contributed by atoms with Crippen molar-refractivity contribution < 1.29 is 9.53 Å². The predicted molar refractivity (Wildman–Crippen MR) is 113 cm³/mol. The molecule has 1 heterocycles. The van der Waals surface area contributed by atoms with Gasteiger partial charge in [-0.3, -0.25) is 4.79 Å². The van der Waals surface area contributed by atoms with Crippen LogP contribution in [0, 0.1) is 0 Å². The lowest BCUT2D eigenvalue weighted by molar-refractivity contribution is -0.123. The maximum atomic E-state index is 12.2. The summed E-state index contributed by atoms with van der Waals surface area (Å²) in [5, 5.41) is 3.32. The zero-order valence-corrected chi connectivity index (χ0v) is 16.6. The molecule has 0 aliphatic heterocycles. The van der Waals surface area contributed by atoms with Crippen molar-refractivity contribution in [2.75, 3.05) is 25.6 Å². The van der Waals surface area contributed by atoms with Crippen LogP contribution in [-0.2, 0) is 11.3 Å². The number of hydrogen-bond donors (Lipinski definition) is 1. The second-order valence-electron chi connectivity index (χ2n) is 6.46. The number of carbonyl (C=O) groups is 1. The Morgan fingerprint density at radius 2 is 1.86 bits per heavy atom. The highest BCUT2D eigenvalue weighted by atomic mass is 35.5. The van der Waals surface area contributed by atoms with Crippen molar-refractivity contribution in [3.63, 3.8) is 0 Å². The van der Waals surface area contributed by atoms with Crippen molar-refractivity contribution >= 4 is 23.3 Å². The zero-order valence-electron chi connectivity index (χ0n) is 15.9. The summed E-state index contributed by atoms with van der Waals surface area (Å²) in [5.74, 6) is 1.08. The van der Waals surface area contributed by atoms with Crippen molar-refractivity contribution in [3.8, 4) is 16.9 Å². The van der Waals surface area contributed by atoms with Gasteiger partial charge in [-0.05, 0) is 29.3 Å². The Morgan fingerprint density at radius 3 is 2.57 bits per heavy atom. The van der Waals surface area contributed by atoms with Crippen LogP contribution in [0.15, 0.2) is 66.9 Å². The fourth-order valence-corrected chi connectivity index (χ4v) is 3.02. The van der Waals surface area contributed by atoms with Gasteiger partial charge in [0.05, 0.1) is 5.02 Å². The highest BCUT2D eigenvalue weighted by Crippen LogP contribution is 2.30. The van der Waals surface area contributed by atoms with Crippen LogP contribution in [-0.4, -0.2) is 31.6 Å². The summed E-state index contributed by atoms with van der Waals surface area (Å²) in [4.78, 5) is 18.4. The van der Waals surface area contributed by atoms with E-state index in [0.717, 1.165) is 22.5 Å². The monoisotopic (exact) mass is 395 g/mol. The summed E-state index contributed by atoms with van der Waals surface area (Å²) in [7, 11) is 3.83. The molecule has 3 rings (SSSR count). The molecular formula is C22H22ClN3O2. The number of aromatic nitrogens is 1. The molecule has 5 nitrogen and oxygen atoms in total. The largest absolute Gasteiger partial charge is 0.482 e. The van der Waals surface area contributed by atoms with Crippen LogP contribution in [0.25, 0.3) is 11.1 Å². The van der Waals surface area contributed by atoms with Gasteiger partial charge in [0, 0.05) is 32.4 Å². The van der Waals surface area contributed by atoms with E-state index in [2.05, 4.69) is 10.3 Å². The Bertz CT molecular complexity index is 946. The van der Waals surface area contributed by atoms with E-state index in [0.29, 0.717) is 17.3 Å². The molecule has 0 bridgehead atoms. The lowest BCUT2D eigenvalue weighted by Gasteiger charge is -2.16. The number of rotatable bonds is 7. The zero-order chi connectivity index (χ0) is 19.9. The maximum Gasteiger partial charge on any atom is 0.258 e. The summed E-state index contributed by atoms with van der Waals surface area (Å²) >= 11 is 6.32. The van der Waals surface area contributed by atoms with E-state index < -0.39 is 0 Å². The molecule has 1 aromatic heterocycles. The number of halogens is 1. The molecule has 2 aromatic carbocycles. The molecule has 28 heavy (non-hydrogen) atoms. The second kappa shape index (κ2) is 9.24. The van der Waals surface area contributed by atoms with Gasteiger partial charge in [-0.25, -0.2) is 4.98 Å². The third-order valence-electron chi connectivity index (χ3n) is 4.16. The van der Waals surface area contributed by atoms with Crippen molar-refractivity contribution in [3.05, 3.63) is 77.4 Å². The molecule has 144 valence electrons. The highest BCUT2D eigenvalue weighted by Gasteiger charge is 2.10. The van der Waals surface area contributed by atoms with Gasteiger partial charge in [0.2, 0.25) is 0 Å². The molecule has 1 N–H and O–H groups in total. The standard InChI is InChI=1S/C22H22ClN3O2/c1-26(2)22-18(9-6-12-24-22)14-25-21(27)15-28-20-11-10-17(13-19(20)23)16-7-4-3-5-8-16/h3-13H,14-15H2,1-2H3,(H,25,27). The molecule has 3 aromatic rings. The number of anilines is 1. The Labute approximate surface area is 169 Å². The van der Waals surface area contributed by atoms with Crippen LogP contribution in [0.3, 0.4) is 0 Å². The van der Waals surface area contributed by atoms with Gasteiger partial charge in [0.15, 0.2) is 6.61 Å². The molecule has 0 radical (unpaired) electrons. The fraction of sp³-hybridized carbons (Fsp3) is 0.182. The van der Waals surface area contributed by atoms with Crippen LogP contribution >= 0.6 is 11.6 Å². The average molecular weight is 396 g/mol. The first-order chi connectivity index (χ1) is 13.5. The molecule has 6 heteroatoms. The number of carbonyl (C=O) groups excluding carboxylic acids is 1. The number of benzene rings is 2. The van der Waals surface area contributed by atoms with Crippen molar-refractivity contribution in [1.29, 1.82) is 0 Å². The summed E-state index contributed by atoms with van der Waals surface area (Å²) in [6.07, 6.45) is 1.73. The van der Waals surface area contributed by atoms with Crippen LogP contribution < -0.4 is 15.0 Å². The molecule has 0 fully saturated rings. The smallest absolute Gasteiger partial charge is 0.258 e. The summed E-state index contributed by atoms with van der Waals surface area (Å²) < 4.78 is 5.59. The maximum absolute atomic E-state index is 12.2. The Kier molecular flexibility index (Phi) is 6.50. The number of nitrogens with one attached hydrogen (secondary N) is 1. The number of ether oxygens (including phenoxy) is 1. The van der Waals surface area contributed by atoms with E-state index in [9.17, 15) is 4.79 Å². The first-order valence-electron chi connectivity index (χ1n) is 8.90. The summed E-state index contributed by atoms with van der Waals surface area (Å²) in [6.45, 7) is 0.270. The molecule has 0 atom stereocenters. The first-order valence-corrected chi connectivity index (χ1v) is 9.28. The van der Waals surface area contributed by atoms with Crippen LogP contribution in [0.5, 0.6) is 5.75 Å². The van der Waals surface area contributed by atoms with E-state index in [1.54, 1.807) is 12.3 Å². The van der Waals surface area contributed by atoms with E-state index in [4.69, 9.17) is 16.3 Å². The number of hydrogen-bond acceptors (Lipinski definition) is 4. The van der Waals surface area contributed by atoms with E-state index in [1.165, 1.54) is 0 Å². The quantitative estimate of drug-likeness (QED) is 0.652. The van der Waals surface area contributed by atoms with E-state index in [1.807, 2.05) is 73.6 Å². The lowest BCUT2D eigenvalue weighted by atomic mass is 10.1. The predicted octanol–water partition coefficient (Wildman–Crippen LogP) is 4.16. The summed E-state index contributed by atoms with van der Waals surface area (Å²) in [6, 6.07) is 19.3. The molecule has 0 aliphatic rings. The molecule has 0 spiro atoms. The van der Waals surface area contributed by atoms with Gasteiger partial charge in [0.25, 0.3) is 5.91 Å². The van der Waals surface area contributed by atoms with E-state index >= 15 is 0 Å². The minimum Gasteiger partial charge on any atom is -0.482 e. The van der Waals surface area contributed by atoms with Gasteiger partial charge >= 0.3 is 0 Å². The van der Waals surface area contributed by atoms with Crippen LogP contribution in [0.2, 0.25) is 5.02 Å². The molecule has 0 saturated carbocycles. The normalized spacial score (nSPS) is 10.4. The fourth-order valence-electron chi connectivity index (χ4n) is 2.79. The highest BCUT2D eigenvalue weighted by molar-refractivity contribution is 6.32. The average Bonchev–Trinajstić information content (AvgIpc) is 2.72. The third-order valence-corrected chi connectivity index (χ3v) is 4.46. The van der Waals surface area contributed by atoms with Gasteiger partial charge in [-0.2, -0.15) is 0 Å². The van der Waals surface area contributed by atoms with Crippen molar-refractivity contribution in [2.45, 2.75) is 6.54 Å². The first kappa shape index (κ1) is 19.7. The minimum absolute atomic E-state index is 0.109. The Hall–Kier alpha value is -3.05. The van der Waals surface area contributed by atoms with Gasteiger partial charge in [-0.15, -0.1) is 0 Å². The van der Waals surface area contributed by atoms with Gasteiger partial charge in [0.1, 0.15) is 11.6 Å². The molecule has 0 unspecified atom stereocenters. The van der Waals surface area contributed by atoms with Gasteiger partial charge < -0.3 is 15.0 Å². The third kappa shape index (κ3) is 5.02. The molecule has 0 saturated heterocycles. The van der Waals surface area contributed by atoms with Crippen molar-refractivity contribution in [2.24, 2.45) is 0 Å². The summed E-state index contributed by atoms with van der Waals surface area (Å²) in [5.41, 5.74) is 3.00. The van der Waals surface area contributed by atoms with E-state index in [-0.39, 0.29) is 12.5 Å². The van der Waals surface area contributed by atoms with Gasteiger partial charge in [-0.1, -0.05) is 54.1 Å². The molecule has 1 amide bonds.